The number of nitrogens with one attached hydrogen (secondary N) is 1. The van der Waals surface area contributed by atoms with Crippen molar-refractivity contribution >= 4 is 17.8 Å². The number of hydrogen-bond acceptors (Lipinski definition) is 4. The molecule has 0 bridgehead atoms. The molecule has 2 aromatic rings. The van der Waals surface area contributed by atoms with Crippen molar-refractivity contribution in [2.75, 3.05) is 26.2 Å². The maximum absolute atomic E-state index is 13.1. The summed E-state index contributed by atoms with van der Waals surface area (Å²) in [6.07, 6.45) is 2.83. The summed E-state index contributed by atoms with van der Waals surface area (Å²) in [5, 5.41) is 2.35. The van der Waals surface area contributed by atoms with Gasteiger partial charge in [0.15, 0.2) is 6.61 Å². The van der Waals surface area contributed by atoms with E-state index in [4.69, 9.17) is 4.74 Å². The molecule has 1 saturated heterocycles. The van der Waals surface area contributed by atoms with E-state index in [-0.39, 0.29) is 24.6 Å². The number of carbonyl (C=O) groups excluding carboxylic acids is 3. The molecular formula is C23H25FN2O4. The Morgan fingerprint density at radius 1 is 1.03 bits per heavy atom. The van der Waals surface area contributed by atoms with Gasteiger partial charge in [0.1, 0.15) is 12.4 Å². The summed E-state index contributed by atoms with van der Waals surface area (Å²) in [5.74, 6) is -1.54. The number of rotatable bonds is 7. The highest BCUT2D eigenvalue weighted by molar-refractivity contribution is 5.96. The molecule has 0 spiro atoms. The van der Waals surface area contributed by atoms with Crippen molar-refractivity contribution in [1.82, 2.24) is 10.2 Å². The molecule has 2 amide bonds. The lowest BCUT2D eigenvalue weighted by atomic mass is 9.90. The van der Waals surface area contributed by atoms with Gasteiger partial charge in [0.05, 0.1) is 0 Å². The van der Waals surface area contributed by atoms with E-state index in [2.05, 4.69) is 17.4 Å². The van der Waals surface area contributed by atoms with Gasteiger partial charge in [-0.3, -0.25) is 14.4 Å². The Labute approximate surface area is 175 Å². The minimum absolute atomic E-state index is 0.109. The Bertz CT molecular complexity index is 880. The third kappa shape index (κ3) is 6.40. The normalized spacial score (nSPS) is 14.2. The van der Waals surface area contributed by atoms with Gasteiger partial charge in [-0.25, -0.2) is 4.39 Å². The van der Waals surface area contributed by atoms with Gasteiger partial charge in [0.25, 0.3) is 11.8 Å². The molecule has 2 aromatic carbocycles. The van der Waals surface area contributed by atoms with Crippen molar-refractivity contribution in [2.45, 2.75) is 19.3 Å². The molecule has 1 heterocycles. The molecule has 3 rings (SSSR count). The Morgan fingerprint density at radius 3 is 2.47 bits per heavy atom. The molecule has 1 fully saturated rings. The van der Waals surface area contributed by atoms with Crippen LogP contribution in [0.2, 0.25) is 0 Å². The fourth-order valence-corrected chi connectivity index (χ4v) is 3.50. The van der Waals surface area contributed by atoms with Crippen LogP contribution in [0.3, 0.4) is 0 Å². The van der Waals surface area contributed by atoms with E-state index < -0.39 is 17.7 Å². The minimum Gasteiger partial charge on any atom is -0.454 e. The molecule has 30 heavy (non-hydrogen) atoms. The number of carbonyl (C=O) groups is 3. The van der Waals surface area contributed by atoms with E-state index in [0.29, 0.717) is 19.0 Å². The Kier molecular flexibility index (Phi) is 7.54. The molecule has 0 atom stereocenters. The molecule has 1 aliphatic heterocycles. The molecule has 0 radical (unpaired) electrons. The Balaban J connectivity index is 1.34. The molecule has 158 valence electrons. The maximum Gasteiger partial charge on any atom is 0.325 e. The highest BCUT2D eigenvalue weighted by Gasteiger charge is 2.23. The van der Waals surface area contributed by atoms with Crippen LogP contribution in [-0.2, 0) is 20.7 Å². The van der Waals surface area contributed by atoms with Crippen molar-refractivity contribution in [3.8, 4) is 0 Å². The molecule has 7 heteroatoms. The summed E-state index contributed by atoms with van der Waals surface area (Å²) in [7, 11) is 0. The average Bonchev–Trinajstić information content (AvgIpc) is 2.77. The van der Waals surface area contributed by atoms with Gasteiger partial charge >= 0.3 is 5.97 Å². The summed E-state index contributed by atoms with van der Waals surface area (Å²) in [4.78, 5) is 37.7. The lowest BCUT2D eigenvalue weighted by molar-refractivity contribution is -0.151. The van der Waals surface area contributed by atoms with Crippen molar-refractivity contribution in [2.24, 2.45) is 5.92 Å². The summed E-state index contributed by atoms with van der Waals surface area (Å²) < 4.78 is 18.1. The second-order valence-corrected chi connectivity index (χ2v) is 7.37. The van der Waals surface area contributed by atoms with E-state index in [1.165, 1.54) is 23.8 Å². The van der Waals surface area contributed by atoms with Gasteiger partial charge in [0, 0.05) is 18.7 Å². The number of amides is 2. The van der Waals surface area contributed by atoms with Gasteiger partial charge in [0.2, 0.25) is 0 Å². The molecule has 1 N–H and O–H groups in total. The van der Waals surface area contributed by atoms with E-state index in [1.54, 1.807) is 4.90 Å². The molecule has 1 aliphatic rings. The number of nitrogens with zero attached hydrogens (tertiary/aromatic N) is 1. The largest absolute Gasteiger partial charge is 0.454 e. The van der Waals surface area contributed by atoms with Crippen molar-refractivity contribution in [3.05, 3.63) is 71.5 Å². The van der Waals surface area contributed by atoms with Crippen LogP contribution >= 0.6 is 0 Å². The average molecular weight is 412 g/mol. The lowest BCUT2D eigenvalue weighted by Crippen LogP contribution is -2.41. The Hall–Kier alpha value is -3.22. The van der Waals surface area contributed by atoms with Crippen LogP contribution < -0.4 is 5.32 Å². The van der Waals surface area contributed by atoms with Crippen LogP contribution in [0.1, 0.15) is 28.8 Å². The number of piperidine rings is 1. The summed E-state index contributed by atoms with van der Waals surface area (Å²) in [6, 6.07) is 15.4. The number of hydrogen-bond donors (Lipinski definition) is 1. The number of likely N-dealkylation sites (tertiary alicyclic amines) is 1. The van der Waals surface area contributed by atoms with Gasteiger partial charge in [-0.05, 0) is 48.9 Å². The number of benzene rings is 2. The maximum atomic E-state index is 13.1. The van der Waals surface area contributed by atoms with Gasteiger partial charge < -0.3 is 15.0 Å². The molecule has 0 aromatic heterocycles. The minimum atomic E-state index is -0.716. The quantitative estimate of drug-likeness (QED) is 0.710. The van der Waals surface area contributed by atoms with E-state index in [1.807, 2.05) is 18.2 Å². The van der Waals surface area contributed by atoms with Crippen molar-refractivity contribution in [3.63, 3.8) is 0 Å². The molecule has 6 nitrogen and oxygen atoms in total. The summed E-state index contributed by atoms with van der Waals surface area (Å²) in [6.45, 7) is 0.550. The van der Waals surface area contributed by atoms with Crippen LogP contribution in [0.25, 0.3) is 0 Å². The SMILES string of the molecule is O=C(CNC(=O)c1cccc(F)c1)OCC(=O)N1CCC(Cc2ccccc2)CC1. The first-order valence-corrected chi connectivity index (χ1v) is 10.0. The van der Waals surface area contributed by atoms with E-state index in [9.17, 15) is 18.8 Å². The molecule has 0 saturated carbocycles. The van der Waals surface area contributed by atoms with Crippen LogP contribution in [0.5, 0.6) is 0 Å². The van der Waals surface area contributed by atoms with Crippen LogP contribution in [0.4, 0.5) is 4.39 Å². The van der Waals surface area contributed by atoms with Crippen molar-refractivity contribution in [1.29, 1.82) is 0 Å². The summed E-state index contributed by atoms with van der Waals surface area (Å²) in [5.41, 5.74) is 1.41. The fourth-order valence-electron chi connectivity index (χ4n) is 3.50. The summed E-state index contributed by atoms with van der Waals surface area (Å²) >= 11 is 0. The number of esters is 1. The first-order valence-electron chi connectivity index (χ1n) is 10.0. The number of halogens is 1. The zero-order chi connectivity index (χ0) is 21.3. The molecule has 0 unspecified atom stereocenters. The van der Waals surface area contributed by atoms with E-state index >= 15 is 0 Å². The highest BCUT2D eigenvalue weighted by Crippen LogP contribution is 2.21. The zero-order valence-electron chi connectivity index (χ0n) is 16.7. The predicted molar refractivity (Wildman–Crippen MR) is 109 cm³/mol. The van der Waals surface area contributed by atoms with Gasteiger partial charge in [-0.2, -0.15) is 0 Å². The lowest BCUT2D eigenvalue weighted by Gasteiger charge is -2.32. The third-order valence-corrected chi connectivity index (χ3v) is 5.17. The zero-order valence-corrected chi connectivity index (χ0v) is 16.7. The first-order chi connectivity index (χ1) is 14.5. The monoisotopic (exact) mass is 412 g/mol. The Morgan fingerprint density at radius 2 is 1.77 bits per heavy atom. The fraction of sp³-hybridized carbons (Fsp3) is 0.348. The van der Waals surface area contributed by atoms with Crippen LogP contribution in [0, 0.1) is 11.7 Å². The number of ether oxygens (including phenoxy) is 1. The second-order valence-electron chi connectivity index (χ2n) is 7.37. The van der Waals surface area contributed by atoms with Gasteiger partial charge in [-0.1, -0.05) is 36.4 Å². The van der Waals surface area contributed by atoms with Crippen LogP contribution in [-0.4, -0.2) is 48.9 Å². The van der Waals surface area contributed by atoms with Crippen LogP contribution in [0.15, 0.2) is 54.6 Å². The second kappa shape index (κ2) is 10.5. The van der Waals surface area contributed by atoms with E-state index in [0.717, 1.165) is 25.3 Å². The third-order valence-electron chi connectivity index (χ3n) is 5.17. The van der Waals surface area contributed by atoms with Crippen molar-refractivity contribution < 1.29 is 23.5 Å². The smallest absolute Gasteiger partial charge is 0.325 e. The highest BCUT2D eigenvalue weighted by atomic mass is 19.1. The predicted octanol–water partition coefficient (Wildman–Crippen LogP) is 2.58. The topological polar surface area (TPSA) is 75.7 Å². The molecule has 0 aliphatic carbocycles. The first kappa shape index (κ1) is 21.5. The van der Waals surface area contributed by atoms with Gasteiger partial charge in [-0.15, -0.1) is 0 Å². The standard InChI is InChI=1S/C23H25FN2O4/c24-20-8-4-7-19(14-20)23(29)25-15-22(28)30-16-21(27)26-11-9-18(10-12-26)13-17-5-2-1-3-6-17/h1-8,14,18H,9-13,15-16H2,(H,25,29). The molecular weight excluding hydrogens is 387 g/mol.